The summed E-state index contributed by atoms with van der Waals surface area (Å²) in [5, 5.41) is 8.98. The first kappa shape index (κ1) is 22.3. The molecule has 1 aliphatic rings. The molecule has 0 spiro atoms. The highest BCUT2D eigenvalue weighted by molar-refractivity contribution is 5.69. The molecule has 0 bridgehead atoms. The van der Waals surface area contributed by atoms with Gasteiger partial charge in [0.1, 0.15) is 29.1 Å². The molecule has 0 unspecified atom stereocenters. The number of aromatic nitrogens is 2. The molecule has 170 valence electrons. The summed E-state index contributed by atoms with van der Waals surface area (Å²) in [5.74, 6) is 1.62. The summed E-state index contributed by atoms with van der Waals surface area (Å²) in [6.07, 6.45) is 6.65. The average molecular weight is 451 g/mol. The van der Waals surface area contributed by atoms with Crippen molar-refractivity contribution in [1.82, 2.24) is 9.97 Å². The Balaban J connectivity index is 1.58. The van der Waals surface area contributed by atoms with Crippen LogP contribution in [0.2, 0.25) is 0 Å². The van der Waals surface area contributed by atoms with E-state index < -0.39 is 6.61 Å². The molecule has 1 aliphatic heterocycles. The van der Waals surface area contributed by atoms with Crippen molar-refractivity contribution in [3.05, 3.63) is 66.6 Å². The van der Waals surface area contributed by atoms with Gasteiger partial charge in [-0.25, -0.2) is 4.98 Å². The summed E-state index contributed by atoms with van der Waals surface area (Å²) in [6.45, 7) is -1.32. The van der Waals surface area contributed by atoms with Crippen molar-refractivity contribution in [2.24, 2.45) is 0 Å². The first-order chi connectivity index (χ1) is 16.1. The molecule has 0 aliphatic carbocycles. The highest BCUT2D eigenvalue weighted by Gasteiger charge is 2.28. The Hall–Kier alpha value is -3.93. The van der Waals surface area contributed by atoms with Gasteiger partial charge >= 0.3 is 6.61 Å². The molecule has 3 heterocycles. The fourth-order valence-corrected chi connectivity index (χ4v) is 4.05. The molecule has 2 aromatic heterocycles. The first-order valence-electron chi connectivity index (χ1n) is 10.5. The number of piperidine rings is 1. The molecule has 33 heavy (non-hydrogen) atoms. The number of rotatable bonds is 7. The number of anilines is 3. The van der Waals surface area contributed by atoms with E-state index in [9.17, 15) is 8.78 Å². The zero-order chi connectivity index (χ0) is 23.2. The van der Waals surface area contributed by atoms with Crippen LogP contribution in [-0.2, 0) is 0 Å². The highest BCUT2D eigenvalue weighted by Crippen LogP contribution is 2.38. The molecule has 0 saturated carbocycles. The molecule has 0 amide bonds. The number of methoxy groups -OCH3 is 1. The van der Waals surface area contributed by atoms with Gasteiger partial charge in [-0.1, -0.05) is 0 Å². The lowest BCUT2D eigenvalue weighted by Crippen LogP contribution is -2.43. The van der Waals surface area contributed by atoms with Crippen LogP contribution in [0.4, 0.5) is 26.0 Å². The number of benzene rings is 1. The quantitative estimate of drug-likeness (QED) is 0.512. The Labute approximate surface area is 190 Å². The van der Waals surface area contributed by atoms with Gasteiger partial charge in [-0.2, -0.15) is 14.0 Å². The van der Waals surface area contributed by atoms with Gasteiger partial charge in [-0.15, -0.1) is 0 Å². The third kappa shape index (κ3) is 5.12. The molecule has 1 fully saturated rings. The molecule has 0 atom stereocenters. The predicted octanol–water partition coefficient (Wildman–Crippen LogP) is 4.77. The van der Waals surface area contributed by atoms with E-state index in [-0.39, 0.29) is 11.8 Å². The number of alkyl halides is 2. The second kappa shape index (κ2) is 10.1. The third-order valence-electron chi connectivity index (χ3n) is 5.61. The van der Waals surface area contributed by atoms with E-state index in [1.54, 1.807) is 50.0 Å². The molecule has 4 rings (SSSR count). The number of nitriles is 1. The minimum atomic E-state index is -2.87. The van der Waals surface area contributed by atoms with Crippen LogP contribution in [0.1, 0.15) is 18.4 Å². The Kier molecular flexibility index (Phi) is 6.83. The fraction of sp³-hybridized carbons (Fsp3) is 0.292. The van der Waals surface area contributed by atoms with Crippen LogP contribution in [0.15, 0.2) is 61.1 Å². The second-order valence-corrected chi connectivity index (χ2v) is 7.53. The van der Waals surface area contributed by atoms with Gasteiger partial charge in [0.25, 0.3) is 0 Å². The van der Waals surface area contributed by atoms with E-state index in [1.807, 2.05) is 6.07 Å². The zero-order valence-corrected chi connectivity index (χ0v) is 18.1. The lowest BCUT2D eigenvalue weighted by atomic mass is 10.0. The van der Waals surface area contributed by atoms with Crippen LogP contribution in [0.25, 0.3) is 0 Å². The van der Waals surface area contributed by atoms with Crippen LogP contribution in [0.5, 0.6) is 11.5 Å². The van der Waals surface area contributed by atoms with E-state index >= 15 is 0 Å². The van der Waals surface area contributed by atoms with Crippen LogP contribution >= 0.6 is 0 Å². The summed E-state index contributed by atoms with van der Waals surface area (Å²) in [4.78, 5) is 13.0. The van der Waals surface area contributed by atoms with E-state index in [0.29, 0.717) is 11.3 Å². The van der Waals surface area contributed by atoms with Gasteiger partial charge in [0.2, 0.25) is 0 Å². The number of pyridine rings is 2. The lowest BCUT2D eigenvalue weighted by Gasteiger charge is -2.40. The van der Waals surface area contributed by atoms with Crippen molar-refractivity contribution in [3.63, 3.8) is 0 Å². The van der Waals surface area contributed by atoms with Crippen LogP contribution in [0.3, 0.4) is 0 Å². The van der Waals surface area contributed by atoms with Gasteiger partial charge < -0.3 is 19.3 Å². The van der Waals surface area contributed by atoms with E-state index in [1.165, 1.54) is 12.1 Å². The summed E-state index contributed by atoms with van der Waals surface area (Å²) in [5.41, 5.74) is 2.16. The fourth-order valence-electron chi connectivity index (χ4n) is 4.05. The Bertz CT molecular complexity index is 1100. The van der Waals surface area contributed by atoms with Gasteiger partial charge in [-0.05, 0) is 49.2 Å². The lowest BCUT2D eigenvalue weighted by molar-refractivity contribution is -0.0498. The van der Waals surface area contributed by atoms with Gasteiger partial charge in [0.05, 0.1) is 18.9 Å². The SMILES string of the molecule is COc1ccncc1N(c1ccc(OC(F)F)cc1)C1CCN(c2ccc(C#N)cn2)CC1. The minimum absolute atomic E-state index is 0.105. The Morgan fingerprint density at radius 1 is 1.09 bits per heavy atom. The Morgan fingerprint density at radius 2 is 1.85 bits per heavy atom. The van der Waals surface area contributed by atoms with Crippen molar-refractivity contribution >= 4 is 17.2 Å². The normalized spacial score (nSPS) is 14.1. The van der Waals surface area contributed by atoms with Crippen molar-refractivity contribution < 1.29 is 18.3 Å². The molecule has 9 heteroatoms. The molecule has 1 saturated heterocycles. The molecule has 3 aromatic rings. The molecule has 1 aromatic carbocycles. The van der Waals surface area contributed by atoms with Crippen LogP contribution < -0.4 is 19.3 Å². The standard InChI is InChI=1S/C24H23F2N5O2/c1-32-22-8-11-28-16-21(22)31(18-3-5-20(6-4-18)33-24(25)26)19-9-12-30(13-10-19)23-7-2-17(14-27)15-29-23/h2-8,11,15-16,19,24H,9-10,12-13H2,1H3. The summed E-state index contributed by atoms with van der Waals surface area (Å²) < 4.78 is 35.2. The first-order valence-corrected chi connectivity index (χ1v) is 10.5. The van der Waals surface area contributed by atoms with Gasteiger partial charge in [-0.3, -0.25) is 4.98 Å². The van der Waals surface area contributed by atoms with E-state index in [2.05, 4.69) is 30.6 Å². The van der Waals surface area contributed by atoms with Crippen molar-refractivity contribution in [2.75, 3.05) is 30.0 Å². The number of ether oxygens (including phenoxy) is 2. The summed E-state index contributed by atoms with van der Waals surface area (Å²) in [6, 6.07) is 14.2. The average Bonchev–Trinajstić information content (AvgIpc) is 2.86. The number of halogens is 2. The number of hydrogen-bond acceptors (Lipinski definition) is 7. The summed E-state index contributed by atoms with van der Waals surface area (Å²) in [7, 11) is 1.61. The van der Waals surface area contributed by atoms with Gasteiger partial charge in [0.15, 0.2) is 0 Å². The smallest absolute Gasteiger partial charge is 0.387 e. The Morgan fingerprint density at radius 3 is 2.45 bits per heavy atom. The zero-order valence-electron chi connectivity index (χ0n) is 18.1. The maximum atomic E-state index is 12.6. The molecule has 0 N–H and O–H groups in total. The molecular formula is C24H23F2N5O2. The van der Waals surface area contributed by atoms with Crippen molar-refractivity contribution in [2.45, 2.75) is 25.5 Å². The third-order valence-corrected chi connectivity index (χ3v) is 5.61. The topological polar surface area (TPSA) is 74.5 Å². The number of nitrogens with zero attached hydrogens (tertiary/aromatic N) is 5. The van der Waals surface area contributed by atoms with E-state index in [4.69, 9.17) is 10.00 Å². The van der Waals surface area contributed by atoms with Crippen LogP contribution in [0, 0.1) is 11.3 Å². The maximum absolute atomic E-state index is 12.6. The highest BCUT2D eigenvalue weighted by atomic mass is 19.3. The summed E-state index contributed by atoms with van der Waals surface area (Å²) >= 11 is 0. The monoisotopic (exact) mass is 451 g/mol. The maximum Gasteiger partial charge on any atom is 0.387 e. The predicted molar refractivity (Wildman–Crippen MR) is 120 cm³/mol. The minimum Gasteiger partial charge on any atom is -0.494 e. The number of hydrogen-bond donors (Lipinski definition) is 0. The second-order valence-electron chi connectivity index (χ2n) is 7.53. The van der Waals surface area contributed by atoms with E-state index in [0.717, 1.165) is 43.1 Å². The largest absolute Gasteiger partial charge is 0.494 e. The van der Waals surface area contributed by atoms with Gasteiger partial charge in [0, 0.05) is 43.3 Å². The molecular weight excluding hydrogens is 428 g/mol. The molecule has 0 radical (unpaired) electrons. The van der Waals surface area contributed by atoms with Crippen LogP contribution in [-0.4, -0.2) is 42.8 Å². The van der Waals surface area contributed by atoms with Crippen molar-refractivity contribution in [1.29, 1.82) is 5.26 Å². The molecule has 7 nitrogen and oxygen atoms in total. The van der Waals surface area contributed by atoms with Crippen molar-refractivity contribution in [3.8, 4) is 17.6 Å².